The largest absolute Gasteiger partial charge is 0.389 e. The first kappa shape index (κ1) is 11.9. The standard InChI is InChI=1S/C14H18N2O/c1-10(17)13-7-6-11(9-15)8-14(13)16(2)12-4-3-5-12/h6-8,10,12,17H,3-5H2,1-2H3/t10-/m1/s1. The van der Waals surface area contributed by atoms with E-state index in [9.17, 15) is 5.11 Å². The Labute approximate surface area is 102 Å². The molecule has 0 amide bonds. The minimum absolute atomic E-state index is 0.500. The van der Waals surface area contributed by atoms with Gasteiger partial charge in [-0.1, -0.05) is 6.07 Å². The molecular formula is C14H18N2O. The summed E-state index contributed by atoms with van der Waals surface area (Å²) < 4.78 is 0. The molecule has 1 aliphatic carbocycles. The number of hydrogen-bond donors (Lipinski definition) is 1. The van der Waals surface area contributed by atoms with Crippen molar-refractivity contribution in [3.8, 4) is 6.07 Å². The van der Waals surface area contributed by atoms with Gasteiger partial charge in [-0.2, -0.15) is 5.26 Å². The molecule has 0 unspecified atom stereocenters. The average Bonchev–Trinajstić information content (AvgIpc) is 2.25. The van der Waals surface area contributed by atoms with Crippen LogP contribution in [-0.4, -0.2) is 18.2 Å². The third kappa shape index (κ3) is 2.27. The zero-order valence-corrected chi connectivity index (χ0v) is 10.3. The molecule has 0 aliphatic heterocycles. The first-order chi connectivity index (χ1) is 8.13. The Morgan fingerprint density at radius 3 is 2.65 bits per heavy atom. The number of benzene rings is 1. The highest BCUT2D eigenvalue weighted by Crippen LogP contribution is 2.33. The summed E-state index contributed by atoms with van der Waals surface area (Å²) >= 11 is 0. The van der Waals surface area contributed by atoms with Gasteiger partial charge in [-0.15, -0.1) is 0 Å². The summed E-state index contributed by atoms with van der Waals surface area (Å²) in [6, 6.07) is 8.21. The van der Waals surface area contributed by atoms with E-state index in [0.29, 0.717) is 11.6 Å². The van der Waals surface area contributed by atoms with Crippen molar-refractivity contribution in [1.82, 2.24) is 0 Å². The van der Waals surface area contributed by atoms with E-state index in [0.717, 1.165) is 11.3 Å². The van der Waals surface area contributed by atoms with Gasteiger partial charge in [0.05, 0.1) is 17.7 Å². The molecule has 90 valence electrons. The molecule has 3 nitrogen and oxygen atoms in total. The Morgan fingerprint density at radius 2 is 2.18 bits per heavy atom. The topological polar surface area (TPSA) is 47.3 Å². The van der Waals surface area contributed by atoms with Crippen LogP contribution in [0.15, 0.2) is 18.2 Å². The smallest absolute Gasteiger partial charge is 0.0992 e. The van der Waals surface area contributed by atoms with Crippen molar-refractivity contribution in [3.63, 3.8) is 0 Å². The van der Waals surface area contributed by atoms with Crippen molar-refractivity contribution >= 4 is 5.69 Å². The quantitative estimate of drug-likeness (QED) is 0.868. The number of rotatable bonds is 3. The molecule has 1 saturated carbocycles. The van der Waals surface area contributed by atoms with Gasteiger partial charge < -0.3 is 10.0 Å². The van der Waals surface area contributed by atoms with Crippen LogP contribution in [0.3, 0.4) is 0 Å². The van der Waals surface area contributed by atoms with Crippen molar-refractivity contribution in [1.29, 1.82) is 5.26 Å². The van der Waals surface area contributed by atoms with Crippen LogP contribution in [-0.2, 0) is 0 Å². The second-order valence-electron chi connectivity index (χ2n) is 4.76. The van der Waals surface area contributed by atoms with Crippen molar-refractivity contribution < 1.29 is 5.11 Å². The van der Waals surface area contributed by atoms with Crippen LogP contribution >= 0.6 is 0 Å². The van der Waals surface area contributed by atoms with Gasteiger partial charge in [0, 0.05) is 24.3 Å². The maximum Gasteiger partial charge on any atom is 0.0992 e. The maximum atomic E-state index is 9.78. The van der Waals surface area contributed by atoms with E-state index in [1.807, 2.05) is 19.2 Å². The molecule has 0 heterocycles. The van der Waals surface area contributed by atoms with Gasteiger partial charge in [-0.3, -0.25) is 0 Å². The normalized spacial score (nSPS) is 17.1. The van der Waals surface area contributed by atoms with Gasteiger partial charge in [0.1, 0.15) is 0 Å². The van der Waals surface area contributed by atoms with Gasteiger partial charge >= 0.3 is 0 Å². The predicted molar refractivity (Wildman–Crippen MR) is 67.8 cm³/mol. The number of hydrogen-bond acceptors (Lipinski definition) is 3. The molecule has 0 saturated heterocycles. The summed E-state index contributed by atoms with van der Waals surface area (Å²) in [6.07, 6.45) is 3.18. The fourth-order valence-electron chi connectivity index (χ4n) is 2.24. The average molecular weight is 230 g/mol. The Balaban J connectivity index is 2.37. The maximum absolute atomic E-state index is 9.78. The third-order valence-electron chi connectivity index (χ3n) is 3.61. The minimum Gasteiger partial charge on any atom is -0.389 e. The lowest BCUT2D eigenvalue weighted by atomic mass is 9.90. The summed E-state index contributed by atoms with van der Waals surface area (Å²) in [6.45, 7) is 1.76. The van der Waals surface area contributed by atoms with E-state index < -0.39 is 6.10 Å². The highest BCUT2D eigenvalue weighted by molar-refractivity contribution is 5.58. The highest BCUT2D eigenvalue weighted by atomic mass is 16.3. The van der Waals surface area contributed by atoms with E-state index in [4.69, 9.17) is 5.26 Å². The van der Waals surface area contributed by atoms with E-state index in [-0.39, 0.29) is 0 Å². The number of anilines is 1. The molecule has 1 N–H and O–H groups in total. The molecule has 0 bridgehead atoms. The van der Waals surface area contributed by atoms with Crippen molar-refractivity contribution in [2.45, 2.75) is 38.3 Å². The molecule has 1 aromatic rings. The summed E-state index contributed by atoms with van der Waals surface area (Å²) in [5, 5.41) is 18.7. The van der Waals surface area contributed by atoms with Gasteiger partial charge in [-0.05, 0) is 38.3 Å². The Kier molecular flexibility index (Phi) is 3.35. The van der Waals surface area contributed by atoms with E-state index in [1.54, 1.807) is 13.0 Å². The monoisotopic (exact) mass is 230 g/mol. The molecule has 1 atom stereocenters. The lowest BCUT2D eigenvalue weighted by molar-refractivity contribution is 0.199. The molecule has 1 aromatic carbocycles. The number of nitrogens with zero attached hydrogens (tertiary/aromatic N) is 2. The Hall–Kier alpha value is -1.53. The van der Waals surface area contributed by atoms with E-state index in [1.165, 1.54) is 19.3 Å². The lowest BCUT2D eigenvalue weighted by Crippen LogP contribution is -2.37. The Morgan fingerprint density at radius 1 is 1.47 bits per heavy atom. The van der Waals surface area contributed by atoms with Crippen LogP contribution in [0.4, 0.5) is 5.69 Å². The highest BCUT2D eigenvalue weighted by Gasteiger charge is 2.24. The molecule has 1 aliphatic rings. The van der Waals surface area contributed by atoms with Crippen molar-refractivity contribution in [2.24, 2.45) is 0 Å². The summed E-state index contributed by atoms with van der Waals surface area (Å²) in [5.41, 5.74) is 2.54. The van der Waals surface area contributed by atoms with Gasteiger partial charge in [0.2, 0.25) is 0 Å². The van der Waals surface area contributed by atoms with Crippen LogP contribution in [0.25, 0.3) is 0 Å². The van der Waals surface area contributed by atoms with Crippen LogP contribution in [0.1, 0.15) is 43.4 Å². The van der Waals surface area contributed by atoms with Crippen molar-refractivity contribution in [2.75, 3.05) is 11.9 Å². The lowest BCUT2D eigenvalue weighted by Gasteiger charge is -2.37. The van der Waals surface area contributed by atoms with Crippen LogP contribution in [0.2, 0.25) is 0 Å². The molecule has 17 heavy (non-hydrogen) atoms. The van der Waals surface area contributed by atoms with E-state index >= 15 is 0 Å². The fraction of sp³-hybridized carbons (Fsp3) is 0.500. The molecule has 2 rings (SSSR count). The van der Waals surface area contributed by atoms with Crippen LogP contribution in [0, 0.1) is 11.3 Å². The summed E-state index contributed by atoms with van der Waals surface area (Å²) in [5.74, 6) is 0. The zero-order chi connectivity index (χ0) is 12.4. The third-order valence-corrected chi connectivity index (χ3v) is 3.61. The second kappa shape index (κ2) is 4.77. The first-order valence-electron chi connectivity index (χ1n) is 6.08. The molecular weight excluding hydrogens is 212 g/mol. The van der Waals surface area contributed by atoms with Gasteiger partial charge in [0.15, 0.2) is 0 Å². The number of aliphatic hydroxyl groups excluding tert-OH is 1. The molecule has 0 radical (unpaired) electrons. The first-order valence-corrected chi connectivity index (χ1v) is 6.08. The van der Waals surface area contributed by atoms with Gasteiger partial charge in [-0.25, -0.2) is 0 Å². The minimum atomic E-state index is -0.500. The fourth-order valence-corrected chi connectivity index (χ4v) is 2.24. The molecule has 0 aromatic heterocycles. The summed E-state index contributed by atoms with van der Waals surface area (Å²) in [7, 11) is 2.05. The predicted octanol–water partition coefficient (Wildman–Crippen LogP) is 2.60. The molecule has 1 fully saturated rings. The summed E-state index contributed by atoms with van der Waals surface area (Å²) in [4.78, 5) is 2.20. The van der Waals surface area contributed by atoms with E-state index in [2.05, 4.69) is 11.0 Å². The van der Waals surface area contributed by atoms with Crippen LogP contribution < -0.4 is 4.90 Å². The SMILES string of the molecule is C[C@@H](O)c1ccc(C#N)cc1N(C)C1CCC1. The van der Waals surface area contributed by atoms with Gasteiger partial charge in [0.25, 0.3) is 0 Å². The number of nitriles is 1. The molecule has 0 spiro atoms. The van der Waals surface area contributed by atoms with Crippen molar-refractivity contribution in [3.05, 3.63) is 29.3 Å². The van der Waals surface area contributed by atoms with Crippen LogP contribution in [0.5, 0.6) is 0 Å². The zero-order valence-electron chi connectivity index (χ0n) is 10.3. The number of aliphatic hydroxyl groups is 1. The Bertz CT molecular complexity index is 444. The molecule has 3 heteroatoms. The second-order valence-corrected chi connectivity index (χ2v) is 4.76.